The molecule has 2 rings (SSSR count). The van der Waals surface area contributed by atoms with Crippen LogP contribution in [0, 0.1) is 5.92 Å². The highest BCUT2D eigenvalue weighted by atomic mass is 127. The van der Waals surface area contributed by atoms with Crippen LogP contribution in [0.1, 0.15) is 40.5 Å². The quantitative estimate of drug-likeness (QED) is 0.351. The van der Waals surface area contributed by atoms with Crippen LogP contribution < -0.4 is 16.0 Å². The Hall–Kier alpha value is -0.570. The Labute approximate surface area is 157 Å². The van der Waals surface area contributed by atoms with Crippen LogP contribution in [0.5, 0.6) is 0 Å². The molecule has 1 aliphatic carbocycles. The van der Waals surface area contributed by atoms with E-state index in [0.717, 1.165) is 19.1 Å². The summed E-state index contributed by atoms with van der Waals surface area (Å²) < 4.78 is 0. The number of nitrogens with zero attached hydrogens (tertiary/aromatic N) is 2. The van der Waals surface area contributed by atoms with Gasteiger partial charge in [0, 0.05) is 37.8 Å². The first-order valence-corrected chi connectivity index (χ1v) is 8.31. The van der Waals surface area contributed by atoms with Gasteiger partial charge in [-0.3, -0.25) is 14.7 Å². The summed E-state index contributed by atoms with van der Waals surface area (Å²) in [6, 6.07) is 1.21. The van der Waals surface area contributed by atoms with E-state index in [9.17, 15) is 4.79 Å². The van der Waals surface area contributed by atoms with E-state index in [1.807, 2.05) is 20.8 Å². The first kappa shape index (κ1) is 20.5. The molecule has 0 aromatic rings. The Morgan fingerprint density at radius 1 is 1.26 bits per heavy atom. The van der Waals surface area contributed by atoms with Gasteiger partial charge in [0.2, 0.25) is 5.91 Å². The van der Waals surface area contributed by atoms with Crippen LogP contribution in [0.25, 0.3) is 0 Å². The molecule has 1 saturated heterocycles. The zero-order valence-electron chi connectivity index (χ0n) is 15.0. The molecule has 1 aliphatic heterocycles. The SMILES string of the molecule is CN=C(NCC(=O)NC(C)(C)C)NC1CN(C2CC2)CC1C.I. The molecule has 1 amide bonds. The van der Waals surface area contributed by atoms with Crippen LogP contribution in [-0.2, 0) is 4.79 Å². The largest absolute Gasteiger partial charge is 0.352 e. The third-order valence-corrected chi connectivity index (χ3v) is 4.18. The topological polar surface area (TPSA) is 68.8 Å². The average Bonchev–Trinajstić information content (AvgIpc) is 3.18. The van der Waals surface area contributed by atoms with Gasteiger partial charge in [0.05, 0.1) is 6.54 Å². The van der Waals surface area contributed by atoms with Crippen LogP contribution in [-0.4, -0.2) is 61.1 Å². The maximum Gasteiger partial charge on any atom is 0.239 e. The summed E-state index contributed by atoms with van der Waals surface area (Å²) in [5.41, 5.74) is -0.208. The molecule has 0 bridgehead atoms. The number of rotatable bonds is 4. The van der Waals surface area contributed by atoms with Gasteiger partial charge in [0.25, 0.3) is 0 Å². The van der Waals surface area contributed by atoms with E-state index >= 15 is 0 Å². The minimum absolute atomic E-state index is 0. The van der Waals surface area contributed by atoms with Gasteiger partial charge in [-0.15, -0.1) is 24.0 Å². The Bertz CT molecular complexity index is 431. The van der Waals surface area contributed by atoms with Crippen molar-refractivity contribution in [2.75, 3.05) is 26.7 Å². The van der Waals surface area contributed by atoms with Gasteiger partial charge in [-0.25, -0.2) is 0 Å². The molecule has 3 N–H and O–H groups in total. The maximum absolute atomic E-state index is 11.9. The van der Waals surface area contributed by atoms with Crippen molar-refractivity contribution >= 4 is 35.8 Å². The summed E-state index contributed by atoms with van der Waals surface area (Å²) in [6.07, 6.45) is 2.69. The standard InChI is InChI=1S/C16H31N5O.HI/c1-11-9-21(12-6-7-12)10-13(11)19-15(17-5)18-8-14(22)20-16(2,3)4;/h11-13H,6-10H2,1-5H3,(H,20,22)(H2,17,18,19);1H. The molecule has 0 aromatic heterocycles. The van der Waals surface area contributed by atoms with E-state index in [0.29, 0.717) is 17.9 Å². The Morgan fingerprint density at radius 2 is 1.91 bits per heavy atom. The molecule has 6 nitrogen and oxygen atoms in total. The Balaban J connectivity index is 0.00000264. The van der Waals surface area contributed by atoms with Crippen LogP contribution in [0.2, 0.25) is 0 Å². The van der Waals surface area contributed by atoms with E-state index < -0.39 is 0 Å². The molecule has 0 spiro atoms. The number of hydrogen-bond acceptors (Lipinski definition) is 3. The number of aliphatic imine (C=N–C) groups is 1. The monoisotopic (exact) mass is 437 g/mol. The fourth-order valence-electron chi connectivity index (χ4n) is 2.93. The van der Waals surface area contributed by atoms with Crippen molar-refractivity contribution < 1.29 is 4.79 Å². The first-order valence-electron chi connectivity index (χ1n) is 8.31. The highest BCUT2D eigenvalue weighted by molar-refractivity contribution is 14.0. The predicted molar refractivity (Wildman–Crippen MR) is 105 cm³/mol. The number of carbonyl (C=O) groups is 1. The van der Waals surface area contributed by atoms with Gasteiger partial charge in [-0.2, -0.15) is 0 Å². The Morgan fingerprint density at radius 3 is 2.43 bits per heavy atom. The number of nitrogens with one attached hydrogen (secondary N) is 3. The second-order valence-corrected chi connectivity index (χ2v) is 7.64. The smallest absolute Gasteiger partial charge is 0.239 e. The lowest BCUT2D eigenvalue weighted by Crippen LogP contribution is -2.51. The number of guanidine groups is 1. The van der Waals surface area contributed by atoms with Crippen molar-refractivity contribution in [2.45, 2.75) is 58.2 Å². The van der Waals surface area contributed by atoms with Crippen LogP contribution >= 0.6 is 24.0 Å². The zero-order valence-corrected chi connectivity index (χ0v) is 17.3. The highest BCUT2D eigenvalue weighted by Crippen LogP contribution is 2.31. The summed E-state index contributed by atoms with van der Waals surface area (Å²) >= 11 is 0. The fourth-order valence-corrected chi connectivity index (χ4v) is 2.93. The van der Waals surface area contributed by atoms with Gasteiger partial charge in [-0.05, 0) is 39.5 Å². The minimum Gasteiger partial charge on any atom is -0.352 e. The molecule has 2 aliphatic rings. The van der Waals surface area contributed by atoms with Crippen molar-refractivity contribution in [1.29, 1.82) is 0 Å². The molecule has 2 atom stereocenters. The molecule has 0 radical (unpaired) electrons. The molecular weight excluding hydrogens is 405 g/mol. The van der Waals surface area contributed by atoms with Crippen LogP contribution in [0.15, 0.2) is 4.99 Å². The molecule has 2 fully saturated rings. The first-order chi connectivity index (χ1) is 10.3. The van der Waals surface area contributed by atoms with Gasteiger partial charge >= 0.3 is 0 Å². The van der Waals surface area contributed by atoms with Crippen molar-refractivity contribution in [3.8, 4) is 0 Å². The van der Waals surface area contributed by atoms with Crippen molar-refractivity contribution in [3.63, 3.8) is 0 Å². The zero-order chi connectivity index (χ0) is 16.3. The summed E-state index contributed by atoms with van der Waals surface area (Å²) in [4.78, 5) is 18.7. The summed E-state index contributed by atoms with van der Waals surface area (Å²) in [5.74, 6) is 1.29. The molecule has 134 valence electrons. The van der Waals surface area contributed by atoms with E-state index in [1.54, 1.807) is 7.05 Å². The minimum atomic E-state index is -0.208. The predicted octanol–water partition coefficient (Wildman–Crippen LogP) is 1.17. The lowest BCUT2D eigenvalue weighted by atomic mass is 10.1. The lowest BCUT2D eigenvalue weighted by Gasteiger charge is -2.23. The molecule has 23 heavy (non-hydrogen) atoms. The number of halogens is 1. The normalized spacial score (nSPS) is 25.7. The van der Waals surface area contributed by atoms with Crippen molar-refractivity contribution in [2.24, 2.45) is 10.9 Å². The molecule has 1 heterocycles. The third-order valence-electron chi connectivity index (χ3n) is 4.18. The van der Waals surface area contributed by atoms with E-state index in [4.69, 9.17) is 0 Å². The highest BCUT2D eigenvalue weighted by Gasteiger charge is 2.38. The second kappa shape index (κ2) is 8.50. The van der Waals surface area contributed by atoms with Gasteiger partial charge < -0.3 is 16.0 Å². The lowest BCUT2D eigenvalue weighted by molar-refractivity contribution is -0.121. The molecule has 7 heteroatoms. The van der Waals surface area contributed by atoms with Crippen molar-refractivity contribution in [1.82, 2.24) is 20.9 Å². The van der Waals surface area contributed by atoms with E-state index in [2.05, 4.69) is 32.8 Å². The molecule has 2 unspecified atom stereocenters. The summed E-state index contributed by atoms with van der Waals surface area (Å²) in [6.45, 7) is 10.7. The van der Waals surface area contributed by atoms with Gasteiger partial charge in [0.15, 0.2) is 5.96 Å². The van der Waals surface area contributed by atoms with Crippen LogP contribution in [0.4, 0.5) is 0 Å². The third kappa shape index (κ3) is 6.82. The van der Waals surface area contributed by atoms with Gasteiger partial charge in [-0.1, -0.05) is 6.92 Å². The fraction of sp³-hybridized carbons (Fsp3) is 0.875. The van der Waals surface area contributed by atoms with Crippen LogP contribution in [0.3, 0.4) is 0 Å². The summed E-state index contributed by atoms with van der Waals surface area (Å²) in [7, 11) is 1.75. The molecule has 0 aromatic carbocycles. The number of likely N-dealkylation sites (tertiary alicyclic amines) is 1. The van der Waals surface area contributed by atoms with E-state index in [1.165, 1.54) is 12.8 Å². The number of amides is 1. The Kier molecular flexibility index (Phi) is 7.57. The average molecular weight is 437 g/mol. The second-order valence-electron chi connectivity index (χ2n) is 7.64. The van der Waals surface area contributed by atoms with E-state index in [-0.39, 0.29) is 42.0 Å². The molecular formula is C16H32IN5O. The number of hydrogen-bond donors (Lipinski definition) is 3. The maximum atomic E-state index is 11.9. The molecule has 1 saturated carbocycles. The summed E-state index contributed by atoms with van der Waals surface area (Å²) in [5, 5.41) is 9.51. The number of carbonyl (C=O) groups excluding carboxylic acids is 1. The van der Waals surface area contributed by atoms with Crippen molar-refractivity contribution in [3.05, 3.63) is 0 Å². The van der Waals surface area contributed by atoms with Gasteiger partial charge in [0.1, 0.15) is 0 Å².